The minimum atomic E-state index is 0.0508. The van der Waals surface area contributed by atoms with Gasteiger partial charge in [0, 0.05) is 18.1 Å². The van der Waals surface area contributed by atoms with Crippen molar-refractivity contribution in [2.75, 3.05) is 33.0 Å². The first kappa shape index (κ1) is 20.5. The summed E-state index contributed by atoms with van der Waals surface area (Å²) in [6.45, 7) is 5.40. The Morgan fingerprint density at radius 1 is 0.962 bits per heavy atom. The third-order valence-corrected chi connectivity index (χ3v) is 3.86. The lowest BCUT2D eigenvalue weighted by atomic mass is 10.2. The molecule has 2 N–H and O–H groups in total. The largest absolute Gasteiger partial charge is 0.490 e. The summed E-state index contributed by atoms with van der Waals surface area (Å²) in [5.74, 6) is 1.45. The van der Waals surface area contributed by atoms with Crippen molar-refractivity contribution in [3.63, 3.8) is 0 Å². The van der Waals surface area contributed by atoms with Gasteiger partial charge in [0.25, 0.3) is 0 Å². The molecule has 5 nitrogen and oxygen atoms in total. The van der Waals surface area contributed by atoms with E-state index in [2.05, 4.69) is 5.32 Å². The fraction of sp³-hybridized carbons (Fsp3) is 0.400. The summed E-state index contributed by atoms with van der Waals surface area (Å²) in [5, 5.41) is 12.7. The van der Waals surface area contributed by atoms with Gasteiger partial charge in [-0.05, 0) is 42.3 Å². The predicted molar refractivity (Wildman–Crippen MR) is 103 cm³/mol. The molecule has 0 fully saturated rings. The highest BCUT2D eigenvalue weighted by Crippen LogP contribution is 2.29. The molecule has 2 aromatic rings. The van der Waals surface area contributed by atoms with E-state index in [1.54, 1.807) is 0 Å². The molecule has 0 aliphatic carbocycles. The smallest absolute Gasteiger partial charge is 0.161 e. The number of aliphatic hydroxyl groups is 1. The zero-order valence-electron chi connectivity index (χ0n) is 15.0. The van der Waals surface area contributed by atoms with Crippen molar-refractivity contribution < 1.29 is 19.3 Å². The number of aliphatic hydroxyl groups excluding tert-OH is 1. The molecule has 6 heteroatoms. The zero-order chi connectivity index (χ0) is 18.6. The standard InChI is InChI=1S/C20H26ClNO4/c1-2-25-20-13-17(14-22-9-11-24-12-10-23)5-8-19(20)26-15-16-3-6-18(21)7-4-16/h3-8,13,22-23H,2,9-12,14-15H2,1H3. The van der Waals surface area contributed by atoms with Crippen molar-refractivity contribution in [1.29, 1.82) is 0 Å². The molecular weight excluding hydrogens is 354 g/mol. The van der Waals surface area contributed by atoms with Gasteiger partial charge in [-0.25, -0.2) is 0 Å². The summed E-state index contributed by atoms with van der Waals surface area (Å²) in [4.78, 5) is 0. The van der Waals surface area contributed by atoms with Crippen LogP contribution in [0.3, 0.4) is 0 Å². The van der Waals surface area contributed by atoms with Crippen molar-refractivity contribution in [3.8, 4) is 11.5 Å². The number of hydrogen-bond donors (Lipinski definition) is 2. The zero-order valence-corrected chi connectivity index (χ0v) is 15.8. The van der Waals surface area contributed by atoms with Crippen molar-refractivity contribution >= 4 is 11.6 Å². The van der Waals surface area contributed by atoms with Crippen LogP contribution in [-0.4, -0.2) is 38.1 Å². The van der Waals surface area contributed by atoms with Crippen LogP contribution >= 0.6 is 11.6 Å². The summed E-state index contributed by atoms with van der Waals surface area (Å²) < 4.78 is 16.8. The van der Waals surface area contributed by atoms with Gasteiger partial charge in [0.1, 0.15) is 6.61 Å². The first-order valence-corrected chi connectivity index (χ1v) is 9.13. The Labute approximate surface area is 159 Å². The number of ether oxygens (including phenoxy) is 3. The number of benzene rings is 2. The summed E-state index contributed by atoms with van der Waals surface area (Å²) in [6.07, 6.45) is 0. The Morgan fingerprint density at radius 2 is 1.73 bits per heavy atom. The van der Waals surface area contributed by atoms with E-state index >= 15 is 0 Å². The molecule has 142 valence electrons. The van der Waals surface area contributed by atoms with Crippen LogP contribution in [0.1, 0.15) is 18.1 Å². The Hall–Kier alpha value is -1.79. The van der Waals surface area contributed by atoms with E-state index in [0.717, 1.165) is 29.2 Å². The van der Waals surface area contributed by atoms with Gasteiger partial charge >= 0.3 is 0 Å². The molecule has 0 unspecified atom stereocenters. The highest BCUT2D eigenvalue weighted by atomic mass is 35.5. The van der Waals surface area contributed by atoms with Gasteiger partial charge in [0.2, 0.25) is 0 Å². The lowest BCUT2D eigenvalue weighted by Gasteiger charge is -2.14. The van der Waals surface area contributed by atoms with E-state index in [9.17, 15) is 0 Å². The molecule has 0 saturated heterocycles. The highest BCUT2D eigenvalue weighted by Gasteiger charge is 2.07. The highest BCUT2D eigenvalue weighted by molar-refractivity contribution is 6.30. The molecule has 0 spiro atoms. The minimum absolute atomic E-state index is 0.0508. The van der Waals surface area contributed by atoms with Crippen LogP contribution in [0.4, 0.5) is 0 Å². The molecule has 0 amide bonds. The van der Waals surface area contributed by atoms with E-state index in [-0.39, 0.29) is 6.61 Å². The van der Waals surface area contributed by atoms with Gasteiger partial charge in [-0.15, -0.1) is 0 Å². The Bertz CT molecular complexity index is 649. The topological polar surface area (TPSA) is 60.0 Å². The lowest BCUT2D eigenvalue weighted by molar-refractivity contribution is 0.0938. The molecule has 0 bridgehead atoms. The van der Waals surface area contributed by atoms with Crippen LogP contribution in [0.2, 0.25) is 5.02 Å². The van der Waals surface area contributed by atoms with Crippen molar-refractivity contribution in [3.05, 3.63) is 58.6 Å². The molecular formula is C20H26ClNO4. The Morgan fingerprint density at radius 3 is 2.46 bits per heavy atom. The summed E-state index contributed by atoms with van der Waals surface area (Å²) >= 11 is 5.90. The monoisotopic (exact) mass is 379 g/mol. The molecule has 2 rings (SSSR count). The molecule has 0 saturated carbocycles. The Kier molecular flexibility index (Phi) is 9.28. The molecule has 2 aromatic carbocycles. The number of rotatable bonds is 12. The molecule has 0 aromatic heterocycles. The third-order valence-electron chi connectivity index (χ3n) is 3.60. The number of nitrogens with one attached hydrogen (secondary N) is 1. The van der Waals surface area contributed by atoms with E-state index in [4.69, 9.17) is 30.9 Å². The lowest BCUT2D eigenvalue weighted by Crippen LogP contribution is -2.20. The maximum atomic E-state index is 8.66. The SMILES string of the molecule is CCOc1cc(CNCCOCCO)ccc1OCc1ccc(Cl)cc1. The van der Waals surface area contributed by atoms with Gasteiger partial charge in [-0.3, -0.25) is 0 Å². The van der Waals surface area contributed by atoms with Crippen LogP contribution < -0.4 is 14.8 Å². The van der Waals surface area contributed by atoms with Crippen molar-refractivity contribution in [1.82, 2.24) is 5.32 Å². The quantitative estimate of drug-likeness (QED) is 0.553. The molecule has 0 aliphatic rings. The van der Waals surface area contributed by atoms with Crippen molar-refractivity contribution in [2.24, 2.45) is 0 Å². The fourth-order valence-corrected chi connectivity index (χ4v) is 2.46. The summed E-state index contributed by atoms with van der Waals surface area (Å²) in [5.41, 5.74) is 2.15. The van der Waals surface area contributed by atoms with Crippen LogP contribution in [0.25, 0.3) is 0 Å². The van der Waals surface area contributed by atoms with E-state index in [0.29, 0.717) is 38.0 Å². The van der Waals surface area contributed by atoms with Crippen LogP contribution in [0.15, 0.2) is 42.5 Å². The number of hydrogen-bond acceptors (Lipinski definition) is 5. The molecule has 0 aliphatic heterocycles. The average Bonchev–Trinajstić information content (AvgIpc) is 2.65. The molecule has 0 atom stereocenters. The van der Waals surface area contributed by atoms with Crippen LogP contribution in [-0.2, 0) is 17.9 Å². The second-order valence-corrected chi connectivity index (χ2v) is 6.08. The van der Waals surface area contributed by atoms with Crippen molar-refractivity contribution in [2.45, 2.75) is 20.1 Å². The summed E-state index contributed by atoms with van der Waals surface area (Å²) in [6, 6.07) is 13.5. The van der Waals surface area contributed by atoms with Gasteiger partial charge in [-0.1, -0.05) is 29.8 Å². The third kappa shape index (κ3) is 7.22. The maximum Gasteiger partial charge on any atom is 0.161 e. The van der Waals surface area contributed by atoms with E-state index < -0.39 is 0 Å². The normalized spacial score (nSPS) is 10.7. The predicted octanol–water partition coefficient (Wildman–Crippen LogP) is 3.42. The summed E-state index contributed by atoms with van der Waals surface area (Å²) in [7, 11) is 0. The molecule has 26 heavy (non-hydrogen) atoms. The van der Waals surface area contributed by atoms with Gasteiger partial charge in [-0.2, -0.15) is 0 Å². The molecule has 0 radical (unpaired) electrons. The first-order valence-electron chi connectivity index (χ1n) is 8.75. The van der Waals surface area contributed by atoms with Crippen LogP contribution in [0, 0.1) is 0 Å². The molecule has 0 heterocycles. The maximum absolute atomic E-state index is 8.66. The number of halogens is 1. The Balaban J connectivity index is 1.89. The average molecular weight is 380 g/mol. The van der Waals surface area contributed by atoms with Gasteiger partial charge in [0.05, 0.1) is 26.4 Å². The second kappa shape index (κ2) is 11.8. The first-order chi connectivity index (χ1) is 12.7. The fourth-order valence-electron chi connectivity index (χ4n) is 2.34. The second-order valence-electron chi connectivity index (χ2n) is 5.64. The van der Waals surface area contributed by atoms with Gasteiger partial charge < -0.3 is 24.6 Å². The van der Waals surface area contributed by atoms with Crippen LogP contribution in [0.5, 0.6) is 11.5 Å². The minimum Gasteiger partial charge on any atom is -0.490 e. The van der Waals surface area contributed by atoms with E-state index in [1.165, 1.54) is 0 Å². The van der Waals surface area contributed by atoms with Gasteiger partial charge in [0.15, 0.2) is 11.5 Å². The van der Waals surface area contributed by atoms with E-state index in [1.807, 2.05) is 49.4 Å².